The molecule has 4 rings (SSSR count). The molecule has 0 aliphatic heterocycles. The zero-order valence-corrected chi connectivity index (χ0v) is 13.3. The van der Waals surface area contributed by atoms with Gasteiger partial charge in [0, 0.05) is 10.9 Å². The molecule has 122 valence electrons. The predicted octanol–water partition coefficient (Wildman–Crippen LogP) is 5.04. The van der Waals surface area contributed by atoms with E-state index in [1.54, 1.807) is 30.3 Å². The fourth-order valence-corrected chi connectivity index (χ4v) is 2.66. The van der Waals surface area contributed by atoms with E-state index in [-0.39, 0.29) is 11.5 Å². The Bertz CT molecular complexity index is 1030. The van der Waals surface area contributed by atoms with Crippen molar-refractivity contribution < 1.29 is 13.9 Å². The molecule has 25 heavy (non-hydrogen) atoms. The first-order valence-electron chi connectivity index (χ1n) is 7.87. The van der Waals surface area contributed by atoms with Crippen molar-refractivity contribution in [1.29, 1.82) is 0 Å². The zero-order chi connectivity index (χ0) is 17.2. The Morgan fingerprint density at radius 3 is 2.16 bits per heavy atom. The molecule has 1 heterocycles. The summed E-state index contributed by atoms with van der Waals surface area (Å²) in [5.74, 6) is 1.31. The van der Waals surface area contributed by atoms with Gasteiger partial charge in [-0.25, -0.2) is 0 Å². The van der Waals surface area contributed by atoms with Gasteiger partial charge in [0.05, 0.1) is 5.69 Å². The van der Waals surface area contributed by atoms with Crippen LogP contribution in [0.4, 0.5) is 5.69 Å². The van der Waals surface area contributed by atoms with Gasteiger partial charge >= 0.3 is 0 Å². The summed E-state index contributed by atoms with van der Waals surface area (Å²) < 4.78 is 11.4. The number of fused-ring (bicyclic) bond motifs is 1. The van der Waals surface area contributed by atoms with Crippen LogP contribution in [0.5, 0.6) is 11.5 Å². The predicted molar refractivity (Wildman–Crippen MR) is 97.0 cm³/mol. The largest absolute Gasteiger partial charge is 0.457 e. The Morgan fingerprint density at radius 2 is 1.44 bits per heavy atom. The van der Waals surface area contributed by atoms with Crippen molar-refractivity contribution in [3.8, 4) is 11.5 Å². The standard InChI is InChI=1S/C21H15NO3/c22-19-17-8-4-5-9-18(17)25-21(19)20(23)14-10-12-16(13-11-14)24-15-6-2-1-3-7-15/h1-13H,22H2. The molecule has 4 aromatic rings. The van der Waals surface area contributed by atoms with Crippen LogP contribution in [0.1, 0.15) is 16.1 Å². The summed E-state index contributed by atoms with van der Waals surface area (Å²) >= 11 is 0. The van der Waals surface area contributed by atoms with Gasteiger partial charge in [0.2, 0.25) is 5.78 Å². The number of rotatable bonds is 4. The van der Waals surface area contributed by atoms with Crippen molar-refractivity contribution in [3.05, 3.63) is 90.2 Å². The number of nitrogen functional groups attached to an aromatic ring is 1. The third-order valence-corrected chi connectivity index (χ3v) is 3.94. The number of nitrogens with two attached hydrogens (primary N) is 1. The maximum Gasteiger partial charge on any atom is 0.230 e. The van der Waals surface area contributed by atoms with Crippen LogP contribution in [0.15, 0.2) is 83.3 Å². The van der Waals surface area contributed by atoms with Crippen LogP contribution < -0.4 is 10.5 Å². The quantitative estimate of drug-likeness (QED) is 0.533. The molecule has 0 aliphatic rings. The van der Waals surface area contributed by atoms with Gasteiger partial charge < -0.3 is 14.9 Å². The van der Waals surface area contributed by atoms with Crippen molar-refractivity contribution in [2.45, 2.75) is 0 Å². The molecule has 0 radical (unpaired) electrons. The molecule has 0 atom stereocenters. The number of para-hydroxylation sites is 2. The highest BCUT2D eigenvalue weighted by Crippen LogP contribution is 2.30. The van der Waals surface area contributed by atoms with Gasteiger partial charge in [0.1, 0.15) is 17.1 Å². The van der Waals surface area contributed by atoms with E-state index in [1.807, 2.05) is 48.5 Å². The lowest BCUT2D eigenvalue weighted by Gasteiger charge is -2.06. The number of furan rings is 1. The minimum Gasteiger partial charge on any atom is -0.457 e. The van der Waals surface area contributed by atoms with Crippen LogP contribution >= 0.6 is 0 Å². The van der Waals surface area contributed by atoms with Gasteiger partial charge in [-0.3, -0.25) is 4.79 Å². The molecule has 4 heteroatoms. The van der Waals surface area contributed by atoms with E-state index in [2.05, 4.69) is 0 Å². The van der Waals surface area contributed by atoms with Gasteiger partial charge in [-0.1, -0.05) is 30.3 Å². The van der Waals surface area contributed by atoms with Gasteiger partial charge in [-0.2, -0.15) is 0 Å². The van der Waals surface area contributed by atoms with Gasteiger partial charge in [0.15, 0.2) is 5.76 Å². The Kier molecular flexibility index (Phi) is 3.71. The van der Waals surface area contributed by atoms with Crippen LogP contribution in [0.3, 0.4) is 0 Å². The molecule has 0 unspecified atom stereocenters. The van der Waals surface area contributed by atoms with E-state index in [9.17, 15) is 4.79 Å². The molecule has 4 nitrogen and oxygen atoms in total. The van der Waals surface area contributed by atoms with Crippen molar-refractivity contribution in [2.75, 3.05) is 5.73 Å². The number of benzene rings is 3. The average molecular weight is 329 g/mol. The molecular formula is C21H15NO3. The van der Waals surface area contributed by atoms with Crippen molar-refractivity contribution >= 4 is 22.4 Å². The highest BCUT2D eigenvalue weighted by Gasteiger charge is 2.19. The number of hydrogen-bond acceptors (Lipinski definition) is 4. The van der Waals surface area contributed by atoms with E-state index in [0.717, 1.165) is 11.1 Å². The maximum atomic E-state index is 12.7. The lowest BCUT2D eigenvalue weighted by molar-refractivity contribution is 0.101. The summed E-state index contributed by atoms with van der Waals surface area (Å²) in [4.78, 5) is 12.7. The van der Waals surface area contributed by atoms with Crippen LogP contribution in [0, 0.1) is 0 Å². The fourth-order valence-electron chi connectivity index (χ4n) is 2.66. The molecule has 0 fully saturated rings. The molecule has 0 bridgehead atoms. The second-order valence-electron chi connectivity index (χ2n) is 5.61. The molecule has 0 saturated heterocycles. The molecule has 0 amide bonds. The monoisotopic (exact) mass is 329 g/mol. The first-order valence-corrected chi connectivity index (χ1v) is 7.87. The van der Waals surface area contributed by atoms with Crippen LogP contribution in [-0.4, -0.2) is 5.78 Å². The molecule has 3 aromatic carbocycles. The summed E-state index contributed by atoms with van der Waals surface area (Å²) in [7, 11) is 0. The molecule has 0 spiro atoms. The molecular weight excluding hydrogens is 314 g/mol. The van der Waals surface area contributed by atoms with Crippen LogP contribution in [-0.2, 0) is 0 Å². The number of hydrogen-bond donors (Lipinski definition) is 1. The Morgan fingerprint density at radius 1 is 0.800 bits per heavy atom. The highest BCUT2D eigenvalue weighted by atomic mass is 16.5. The van der Waals surface area contributed by atoms with E-state index in [0.29, 0.717) is 22.6 Å². The summed E-state index contributed by atoms with van der Waals surface area (Å²) in [6.45, 7) is 0. The first kappa shape index (κ1) is 15.0. The lowest BCUT2D eigenvalue weighted by atomic mass is 10.1. The molecule has 0 saturated carbocycles. The smallest absolute Gasteiger partial charge is 0.230 e. The minimum atomic E-state index is -0.250. The number of carbonyl (C=O) groups is 1. The summed E-state index contributed by atoms with van der Waals surface area (Å²) in [5.41, 5.74) is 7.53. The van der Waals surface area contributed by atoms with Crippen LogP contribution in [0.2, 0.25) is 0 Å². The van der Waals surface area contributed by atoms with Gasteiger partial charge in [0.25, 0.3) is 0 Å². The topological polar surface area (TPSA) is 65.5 Å². The summed E-state index contributed by atoms with van der Waals surface area (Å²) in [6, 6.07) is 23.7. The number of carbonyl (C=O) groups excluding carboxylic acids is 1. The first-order chi connectivity index (χ1) is 12.2. The van der Waals surface area contributed by atoms with Crippen molar-refractivity contribution in [1.82, 2.24) is 0 Å². The second kappa shape index (κ2) is 6.17. The molecule has 1 aromatic heterocycles. The van der Waals surface area contributed by atoms with Gasteiger partial charge in [-0.15, -0.1) is 0 Å². The van der Waals surface area contributed by atoms with E-state index in [4.69, 9.17) is 14.9 Å². The Hall–Kier alpha value is -3.53. The third-order valence-electron chi connectivity index (χ3n) is 3.94. The SMILES string of the molecule is Nc1c(C(=O)c2ccc(Oc3ccccc3)cc2)oc2ccccc12. The van der Waals surface area contributed by atoms with Crippen molar-refractivity contribution in [2.24, 2.45) is 0 Å². The zero-order valence-electron chi connectivity index (χ0n) is 13.3. The summed E-state index contributed by atoms with van der Waals surface area (Å²) in [6.07, 6.45) is 0. The van der Waals surface area contributed by atoms with Crippen LogP contribution in [0.25, 0.3) is 11.0 Å². The molecule has 2 N–H and O–H groups in total. The Labute approximate surface area is 144 Å². The maximum absolute atomic E-state index is 12.7. The third kappa shape index (κ3) is 2.85. The average Bonchev–Trinajstić information content (AvgIpc) is 3.00. The van der Waals surface area contributed by atoms with E-state index >= 15 is 0 Å². The van der Waals surface area contributed by atoms with Gasteiger partial charge in [-0.05, 0) is 48.5 Å². The lowest BCUT2D eigenvalue weighted by Crippen LogP contribution is -2.02. The minimum absolute atomic E-state index is 0.165. The number of ether oxygens (including phenoxy) is 1. The van der Waals surface area contributed by atoms with E-state index < -0.39 is 0 Å². The van der Waals surface area contributed by atoms with Crippen molar-refractivity contribution in [3.63, 3.8) is 0 Å². The van der Waals surface area contributed by atoms with E-state index in [1.165, 1.54) is 0 Å². The Balaban J connectivity index is 1.61. The second-order valence-corrected chi connectivity index (χ2v) is 5.61. The fraction of sp³-hybridized carbons (Fsp3) is 0. The summed E-state index contributed by atoms with van der Waals surface area (Å²) in [5, 5.41) is 0.745. The highest BCUT2D eigenvalue weighted by molar-refractivity contribution is 6.14. The number of anilines is 1. The normalized spacial score (nSPS) is 10.7. The molecule has 0 aliphatic carbocycles. The number of ketones is 1.